The number of halogens is 1. The van der Waals surface area contributed by atoms with Crippen molar-refractivity contribution >= 4 is 17.2 Å². The standard InChI is InChI=1S/C16H17FN2OS/c17-10-12-6-8-19(9-7-12)16(20)14-11-21-15(18-14)13-4-2-1-3-5-13/h1-5,11-12H,6-10H2. The minimum atomic E-state index is -0.281. The number of hydrogen-bond acceptors (Lipinski definition) is 3. The number of hydrogen-bond donors (Lipinski definition) is 0. The van der Waals surface area contributed by atoms with Crippen LogP contribution in [0.4, 0.5) is 4.39 Å². The summed E-state index contributed by atoms with van der Waals surface area (Å²) >= 11 is 1.48. The highest BCUT2D eigenvalue weighted by Gasteiger charge is 2.25. The fraction of sp³-hybridized carbons (Fsp3) is 0.375. The van der Waals surface area contributed by atoms with Gasteiger partial charge in [-0.1, -0.05) is 30.3 Å². The number of benzene rings is 1. The summed E-state index contributed by atoms with van der Waals surface area (Å²) in [6.45, 7) is 0.980. The molecule has 21 heavy (non-hydrogen) atoms. The van der Waals surface area contributed by atoms with E-state index in [9.17, 15) is 9.18 Å². The minimum Gasteiger partial charge on any atom is -0.337 e. The molecule has 2 aromatic rings. The number of carbonyl (C=O) groups is 1. The number of alkyl halides is 1. The van der Waals surface area contributed by atoms with Crippen molar-refractivity contribution in [3.63, 3.8) is 0 Å². The van der Waals surface area contributed by atoms with Crippen molar-refractivity contribution in [2.45, 2.75) is 12.8 Å². The first-order chi connectivity index (χ1) is 10.3. The molecule has 0 aliphatic carbocycles. The Labute approximate surface area is 127 Å². The summed E-state index contributed by atoms with van der Waals surface area (Å²) in [5.74, 6) is 0.0788. The molecule has 5 heteroatoms. The molecule has 0 radical (unpaired) electrons. The Bertz CT molecular complexity index is 606. The van der Waals surface area contributed by atoms with Gasteiger partial charge in [-0.3, -0.25) is 9.18 Å². The Kier molecular flexibility index (Phi) is 4.29. The summed E-state index contributed by atoms with van der Waals surface area (Å²) in [7, 11) is 0. The van der Waals surface area contributed by atoms with Gasteiger partial charge in [0, 0.05) is 24.0 Å². The highest BCUT2D eigenvalue weighted by molar-refractivity contribution is 7.13. The second-order valence-corrected chi connectivity index (χ2v) is 6.15. The Hall–Kier alpha value is -1.75. The highest BCUT2D eigenvalue weighted by atomic mass is 32.1. The molecule has 2 heterocycles. The number of carbonyl (C=O) groups excluding carboxylic acids is 1. The van der Waals surface area contributed by atoms with Crippen LogP contribution in [0.25, 0.3) is 10.6 Å². The van der Waals surface area contributed by atoms with Crippen molar-refractivity contribution in [2.75, 3.05) is 19.8 Å². The number of aromatic nitrogens is 1. The highest BCUT2D eigenvalue weighted by Crippen LogP contribution is 2.25. The van der Waals surface area contributed by atoms with Crippen LogP contribution < -0.4 is 0 Å². The van der Waals surface area contributed by atoms with Gasteiger partial charge in [0.1, 0.15) is 10.7 Å². The third-order valence-corrected chi connectivity index (χ3v) is 4.76. The molecular weight excluding hydrogens is 287 g/mol. The van der Waals surface area contributed by atoms with E-state index in [1.54, 1.807) is 4.90 Å². The molecule has 0 atom stereocenters. The molecule has 1 fully saturated rings. The van der Waals surface area contributed by atoms with E-state index in [1.807, 2.05) is 35.7 Å². The summed E-state index contributed by atoms with van der Waals surface area (Å²) in [4.78, 5) is 18.7. The van der Waals surface area contributed by atoms with Gasteiger partial charge >= 0.3 is 0 Å². The Balaban J connectivity index is 1.70. The van der Waals surface area contributed by atoms with E-state index in [1.165, 1.54) is 11.3 Å². The van der Waals surface area contributed by atoms with E-state index in [0.29, 0.717) is 18.8 Å². The van der Waals surface area contributed by atoms with Crippen molar-refractivity contribution in [3.8, 4) is 10.6 Å². The van der Waals surface area contributed by atoms with Crippen LogP contribution in [0.1, 0.15) is 23.3 Å². The van der Waals surface area contributed by atoms with E-state index in [4.69, 9.17) is 0 Å². The van der Waals surface area contributed by atoms with Crippen LogP contribution in [0.5, 0.6) is 0 Å². The van der Waals surface area contributed by atoms with Gasteiger partial charge in [0.25, 0.3) is 5.91 Å². The first-order valence-electron chi connectivity index (χ1n) is 7.14. The zero-order valence-corrected chi connectivity index (χ0v) is 12.5. The molecule has 0 saturated carbocycles. The third-order valence-electron chi connectivity index (χ3n) is 3.86. The van der Waals surface area contributed by atoms with Crippen LogP contribution in [0.3, 0.4) is 0 Å². The minimum absolute atomic E-state index is 0.0364. The normalized spacial score (nSPS) is 16.1. The third kappa shape index (κ3) is 3.13. The molecule has 0 unspecified atom stereocenters. The van der Waals surface area contributed by atoms with Crippen LogP contribution in [-0.2, 0) is 0 Å². The molecule has 0 bridgehead atoms. The maximum Gasteiger partial charge on any atom is 0.273 e. The number of nitrogens with zero attached hydrogens (tertiary/aromatic N) is 2. The van der Waals surface area contributed by atoms with E-state index in [2.05, 4.69) is 4.98 Å². The molecule has 1 saturated heterocycles. The average Bonchev–Trinajstić information content (AvgIpc) is 3.05. The van der Waals surface area contributed by atoms with Gasteiger partial charge in [0.2, 0.25) is 0 Å². The zero-order chi connectivity index (χ0) is 14.7. The second-order valence-electron chi connectivity index (χ2n) is 5.29. The van der Waals surface area contributed by atoms with Crippen LogP contribution in [-0.4, -0.2) is 35.6 Å². The number of thiazole rings is 1. The SMILES string of the molecule is O=C(c1csc(-c2ccccc2)n1)N1CCC(CF)CC1. The van der Waals surface area contributed by atoms with Crippen molar-refractivity contribution in [1.29, 1.82) is 0 Å². The fourth-order valence-electron chi connectivity index (χ4n) is 2.54. The molecule has 0 N–H and O–H groups in total. The average molecular weight is 304 g/mol. The van der Waals surface area contributed by atoms with Crippen molar-refractivity contribution in [1.82, 2.24) is 9.88 Å². The second kappa shape index (κ2) is 6.35. The fourth-order valence-corrected chi connectivity index (χ4v) is 3.34. The molecule has 1 aromatic carbocycles. The van der Waals surface area contributed by atoms with E-state index in [-0.39, 0.29) is 18.5 Å². The van der Waals surface area contributed by atoms with Gasteiger partial charge in [-0.2, -0.15) is 0 Å². The number of likely N-dealkylation sites (tertiary alicyclic amines) is 1. The van der Waals surface area contributed by atoms with Crippen LogP contribution in [0.2, 0.25) is 0 Å². The lowest BCUT2D eigenvalue weighted by Gasteiger charge is -2.30. The largest absolute Gasteiger partial charge is 0.337 e. The molecule has 110 valence electrons. The molecular formula is C16H17FN2OS. The first-order valence-corrected chi connectivity index (χ1v) is 8.02. The van der Waals surface area contributed by atoms with E-state index < -0.39 is 0 Å². The van der Waals surface area contributed by atoms with Gasteiger partial charge < -0.3 is 4.90 Å². The maximum atomic E-state index is 12.6. The lowest BCUT2D eigenvalue weighted by atomic mass is 9.98. The van der Waals surface area contributed by atoms with Gasteiger partial charge in [0.15, 0.2) is 0 Å². The summed E-state index contributed by atoms with van der Waals surface area (Å²) in [5.41, 5.74) is 1.52. The van der Waals surface area contributed by atoms with Gasteiger partial charge in [-0.25, -0.2) is 4.98 Å². The van der Waals surface area contributed by atoms with Crippen molar-refractivity contribution in [2.24, 2.45) is 5.92 Å². The first kappa shape index (κ1) is 14.2. The van der Waals surface area contributed by atoms with Crippen LogP contribution in [0.15, 0.2) is 35.7 Å². The van der Waals surface area contributed by atoms with E-state index >= 15 is 0 Å². The molecule has 1 aromatic heterocycles. The maximum absolute atomic E-state index is 12.6. The summed E-state index contributed by atoms with van der Waals surface area (Å²) < 4.78 is 12.6. The molecule has 3 rings (SSSR count). The quantitative estimate of drug-likeness (QED) is 0.867. The van der Waals surface area contributed by atoms with Crippen molar-refractivity contribution in [3.05, 3.63) is 41.4 Å². The lowest BCUT2D eigenvalue weighted by Crippen LogP contribution is -2.39. The summed E-state index contributed by atoms with van der Waals surface area (Å²) in [6, 6.07) is 9.85. The van der Waals surface area contributed by atoms with Gasteiger partial charge in [-0.15, -0.1) is 11.3 Å². The molecule has 1 aliphatic rings. The number of amides is 1. The Morgan fingerprint density at radius 3 is 2.67 bits per heavy atom. The Morgan fingerprint density at radius 2 is 2.00 bits per heavy atom. The molecule has 1 aliphatic heterocycles. The predicted octanol–water partition coefficient (Wildman–Crippen LogP) is 3.63. The smallest absolute Gasteiger partial charge is 0.273 e. The predicted molar refractivity (Wildman–Crippen MR) is 82.2 cm³/mol. The van der Waals surface area contributed by atoms with Gasteiger partial charge in [-0.05, 0) is 18.8 Å². The molecule has 0 spiro atoms. The number of piperidine rings is 1. The van der Waals surface area contributed by atoms with Crippen LogP contribution >= 0.6 is 11.3 Å². The van der Waals surface area contributed by atoms with Gasteiger partial charge in [0.05, 0.1) is 6.67 Å². The molecule has 1 amide bonds. The number of rotatable bonds is 3. The topological polar surface area (TPSA) is 33.2 Å². The monoisotopic (exact) mass is 304 g/mol. The zero-order valence-electron chi connectivity index (χ0n) is 11.7. The van der Waals surface area contributed by atoms with Crippen molar-refractivity contribution < 1.29 is 9.18 Å². The van der Waals surface area contributed by atoms with Crippen LogP contribution in [0, 0.1) is 5.92 Å². The molecule has 3 nitrogen and oxygen atoms in total. The lowest BCUT2D eigenvalue weighted by molar-refractivity contribution is 0.0673. The summed E-state index contributed by atoms with van der Waals surface area (Å²) in [6.07, 6.45) is 1.50. The Morgan fingerprint density at radius 1 is 1.29 bits per heavy atom. The summed E-state index contributed by atoms with van der Waals surface area (Å²) in [5, 5.41) is 2.67. The van der Waals surface area contributed by atoms with E-state index in [0.717, 1.165) is 23.4 Å².